The molecule has 1 aromatic carbocycles. The Morgan fingerprint density at radius 1 is 1.28 bits per heavy atom. The van der Waals surface area contributed by atoms with Crippen LogP contribution in [0.2, 0.25) is 0 Å². The first kappa shape index (κ1) is 10.5. The number of aryl methyl sites for hydroxylation is 1. The number of hydrogen-bond acceptors (Lipinski definition) is 2. The first-order valence-corrected chi connectivity index (χ1v) is 5.73. The number of nitrogens with zero attached hydrogens (tertiary/aromatic N) is 2. The highest BCUT2D eigenvalue weighted by atomic mass is 14.8. The topological polar surface area (TPSA) is 52.5 Å². The average molecular weight is 233 g/mol. The first-order valence-electron chi connectivity index (χ1n) is 5.73. The van der Waals surface area contributed by atoms with Crippen molar-refractivity contribution in [1.29, 1.82) is 5.26 Å². The third-order valence-corrected chi connectivity index (χ3v) is 3.11. The zero-order valence-corrected chi connectivity index (χ0v) is 9.94. The van der Waals surface area contributed by atoms with Crippen LogP contribution in [0.1, 0.15) is 11.1 Å². The molecular formula is C15H11N3. The Balaban J connectivity index is 2.25. The molecule has 0 aliphatic heterocycles. The number of nitriles is 1. The van der Waals surface area contributed by atoms with Crippen LogP contribution in [0, 0.1) is 18.3 Å². The van der Waals surface area contributed by atoms with Crippen molar-refractivity contribution in [3.8, 4) is 17.2 Å². The summed E-state index contributed by atoms with van der Waals surface area (Å²) in [6.45, 7) is 2.07. The molecule has 0 amide bonds. The van der Waals surface area contributed by atoms with Crippen molar-refractivity contribution < 1.29 is 0 Å². The lowest BCUT2D eigenvalue weighted by atomic mass is 10.0. The van der Waals surface area contributed by atoms with E-state index in [1.165, 1.54) is 5.56 Å². The van der Waals surface area contributed by atoms with Crippen LogP contribution in [0.15, 0.2) is 42.7 Å². The van der Waals surface area contributed by atoms with E-state index >= 15 is 0 Å². The van der Waals surface area contributed by atoms with E-state index in [1.54, 1.807) is 6.20 Å². The van der Waals surface area contributed by atoms with Gasteiger partial charge in [-0.2, -0.15) is 5.26 Å². The summed E-state index contributed by atoms with van der Waals surface area (Å²) in [7, 11) is 0. The van der Waals surface area contributed by atoms with Gasteiger partial charge in [-0.1, -0.05) is 24.3 Å². The Bertz CT molecular complexity index is 763. The minimum absolute atomic E-state index is 0.632. The maximum Gasteiger partial charge on any atom is 0.138 e. The Morgan fingerprint density at radius 3 is 2.89 bits per heavy atom. The number of aromatic nitrogens is 2. The van der Waals surface area contributed by atoms with Gasteiger partial charge in [-0.05, 0) is 24.1 Å². The third kappa shape index (κ3) is 1.56. The molecule has 0 unspecified atom stereocenters. The van der Waals surface area contributed by atoms with Crippen LogP contribution in [-0.2, 0) is 0 Å². The predicted molar refractivity (Wildman–Crippen MR) is 71.0 cm³/mol. The summed E-state index contributed by atoms with van der Waals surface area (Å²) >= 11 is 0. The molecule has 3 aromatic rings. The number of pyridine rings is 1. The number of fused-ring (bicyclic) bond motifs is 1. The minimum atomic E-state index is 0.632. The Hall–Kier alpha value is -2.60. The Kier molecular flexibility index (Phi) is 2.35. The molecule has 3 nitrogen and oxygen atoms in total. The highest BCUT2D eigenvalue weighted by Crippen LogP contribution is 2.26. The molecule has 1 N–H and O–H groups in total. The number of rotatable bonds is 1. The van der Waals surface area contributed by atoms with E-state index in [-0.39, 0.29) is 0 Å². The second-order valence-electron chi connectivity index (χ2n) is 4.25. The van der Waals surface area contributed by atoms with E-state index in [9.17, 15) is 0 Å². The zero-order chi connectivity index (χ0) is 12.5. The Morgan fingerprint density at radius 2 is 2.11 bits per heavy atom. The van der Waals surface area contributed by atoms with Crippen LogP contribution in [0.5, 0.6) is 0 Å². The van der Waals surface area contributed by atoms with Crippen LogP contribution < -0.4 is 0 Å². The van der Waals surface area contributed by atoms with Crippen LogP contribution in [-0.4, -0.2) is 9.97 Å². The van der Waals surface area contributed by atoms with Crippen molar-refractivity contribution in [2.75, 3.05) is 0 Å². The average Bonchev–Trinajstić information content (AvgIpc) is 2.81. The van der Waals surface area contributed by atoms with Crippen LogP contribution in [0.4, 0.5) is 0 Å². The molecule has 0 saturated heterocycles. The molecule has 0 radical (unpaired) electrons. The van der Waals surface area contributed by atoms with E-state index < -0.39 is 0 Å². The summed E-state index contributed by atoms with van der Waals surface area (Å²) in [6.07, 6.45) is 3.53. The van der Waals surface area contributed by atoms with Gasteiger partial charge in [0.15, 0.2) is 0 Å². The van der Waals surface area contributed by atoms with Gasteiger partial charge in [0, 0.05) is 23.3 Å². The summed E-state index contributed by atoms with van der Waals surface area (Å²) < 4.78 is 0. The van der Waals surface area contributed by atoms with Crippen molar-refractivity contribution in [2.45, 2.75) is 6.92 Å². The highest BCUT2D eigenvalue weighted by Gasteiger charge is 2.07. The number of nitrogens with one attached hydrogen (secondary N) is 1. The molecule has 0 saturated carbocycles. The van der Waals surface area contributed by atoms with Gasteiger partial charge in [0.2, 0.25) is 0 Å². The number of H-pyrrole nitrogens is 1. The van der Waals surface area contributed by atoms with Gasteiger partial charge < -0.3 is 4.98 Å². The van der Waals surface area contributed by atoms with Crippen molar-refractivity contribution in [3.63, 3.8) is 0 Å². The minimum Gasteiger partial charge on any atom is -0.345 e. The van der Waals surface area contributed by atoms with Gasteiger partial charge in [-0.15, -0.1) is 0 Å². The lowest BCUT2D eigenvalue weighted by Crippen LogP contribution is -1.85. The highest BCUT2D eigenvalue weighted by molar-refractivity contribution is 5.87. The summed E-state index contributed by atoms with van der Waals surface area (Å²) in [4.78, 5) is 7.36. The lowest BCUT2D eigenvalue weighted by molar-refractivity contribution is 1.32. The predicted octanol–water partition coefficient (Wildman–Crippen LogP) is 3.41. The van der Waals surface area contributed by atoms with E-state index in [4.69, 9.17) is 5.26 Å². The maximum absolute atomic E-state index is 9.04. The van der Waals surface area contributed by atoms with E-state index in [1.807, 2.05) is 24.4 Å². The molecule has 2 aromatic heterocycles. The quantitative estimate of drug-likeness (QED) is 0.700. The van der Waals surface area contributed by atoms with Gasteiger partial charge in [0.05, 0.1) is 5.56 Å². The molecule has 0 atom stereocenters. The number of hydrogen-bond donors (Lipinski definition) is 1. The van der Waals surface area contributed by atoms with Crippen molar-refractivity contribution in [2.24, 2.45) is 0 Å². The standard InChI is InChI=1S/C15H11N3/c1-10-4-2-3-5-13(10)11-6-14-12(7-16)9-18-15(14)17-8-11/h2-6,8-9H,1H3,(H,17,18). The number of benzene rings is 1. The zero-order valence-electron chi connectivity index (χ0n) is 9.94. The smallest absolute Gasteiger partial charge is 0.138 e. The van der Waals surface area contributed by atoms with Crippen LogP contribution in [0.3, 0.4) is 0 Å². The third-order valence-electron chi connectivity index (χ3n) is 3.11. The van der Waals surface area contributed by atoms with Crippen molar-refractivity contribution in [1.82, 2.24) is 9.97 Å². The Labute approximate surface area is 105 Å². The molecule has 18 heavy (non-hydrogen) atoms. The fourth-order valence-corrected chi connectivity index (χ4v) is 2.14. The summed E-state index contributed by atoms with van der Waals surface area (Å²) in [5, 5.41) is 9.92. The monoisotopic (exact) mass is 233 g/mol. The van der Waals surface area contributed by atoms with Gasteiger partial charge >= 0.3 is 0 Å². The molecule has 86 valence electrons. The number of aromatic amines is 1. The molecule has 0 aliphatic rings. The largest absolute Gasteiger partial charge is 0.345 e. The summed E-state index contributed by atoms with van der Waals surface area (Å²) in [6, 6.07) is 12.3. The normalized spacial score (nSPS) is 10.4. The van der Waals surface area contributed by atoms with E-state index in [0.717, 1.165) is 22.2 Å². The van der Waals surface area contributed by atoms with Gasteiger partial charge in [0.1, 0.15) is 11.7 Å². The van der Waals surface area contributed by atoms with Gasteiger partial charge in [0.25, 0.3) is 0 Å². The molecular weight excluding hydrogens is 222 g/mol. The van der Waals surface area contributed by atoms with E-state index in [0.29, 0.717) is 5.56 Å². The van der Waals surface area contributed by atoms with Crippen LogP contribution >= 0.6 is 0 Å². The second kappa shape index (κ2) is 4.01. The molecule has 0 aliphatic carbocycles. The van der Waals surface area contributed by atoms with Gasteiger partial charge in [-0.3, -0.25) is 0 Å². The van der Waals surface area contributed by atoms with Crippen molar-refractivity contribution >= 4 is 11.0 Å². The first-order chi connectivity index (χ1) is 8.79. The van der Waals surface area contributed by atoms with Gasteiger partial charge in [-0.25, -0.2) is 4.98 Å². The summed E-state index contributed by atoms with van der Waals surface area (Å²) in [5.41, 5.74) is 4.78. The SMILES string of the molecule is Cc1ccccc1-c1cnc2[nH]cc(C#N)c2c1. The molecule has 0 fully saturated rings. The maximum atomic E-state index is 9.04. The lowest BCUT2D eigenvalue weighted by Gasteiger charge is -2.05. The molecule has 3 heteroatoms. The molecule has 2 heterocycles. The molecule has 0 bridgehead atoms. The fourth-order valence-electron chi connectivity index (χ4n) is 2.14. The van der Waals surface area contributed by atoms with Crippen LogP contribution in [0.25, 0.3) is 22.2 Å². The molecule has 3 rings (SSSR count). The van der Waals surface area contributed by atoms with Crippen molar-refractivity contribution in [3.05, 3.63) is 53.9 Å². The fraction of sp³-hybridized carbons (Fsp3) is 0.0667. The van der Waals surface area contributed by atoms with E-state index in [2.05, 4.69) is 35.1 Å². The second-order valence-corrected chi connectivity index (χ2v) is 4.25. The molecule has 0 spiro atoms. The summed E-state index contributed by atoms with van der Waals surface area (Å²) in [5.74, 6) is 0.